The van der Waals surface area contributed by atoms with Gasteiger partial charge in [0.2, 0.25) is 0 Å². The van der Waals surface area contributed by atoms with Crippen molar-refractivity contribution < 1.29 is 0 Å². The number of hydrogen-bond acceptors (Lipinski definition) is 3. The molecule has 0 saturated heterocycles. The first kappa shape index (κ1) is 11.3. The summed E-state index contributed by atoms with van der Waals surface area (Å²) in [6.07, 6.45) is 5.46. The van der Waals surface area contributed by atoms with Crippen molar-refractivity contribution in [1.82, 2.24) is 9.97 Å². The van der Waals surface area contributed by atoms with E-state index in [1.54, 1.807) is 6.20 Å². The van der Waals surface area contributed by atoms with Gasteiger partial charge in [0, 0.05) is 24.7 Å². The highest BCUT2D eigenvalue weighted by atomic mass is 15.2. The molecular formula is C14H15N3. The van der Waals surface area contributed by atoms with Crippen molar-refractivity contribution in [2.45, 2.75) is 0 Å². The van der Waals surface area contributed by atoms with Gasteiger partial charge in [-0.1, -0.05) is 12.2 Å². The van der Waals surface area contributed by atoms with Crippen molar-refractivity contribution in [1.29, 1.82) is 0 Å². The Balaban J connectivity index is 2.39. The molecule has 0 atom stereocenters. The Bertz CT molecular complexity index is 524. The predicted octanol–water partition coefficient (Wildman–Crippen LogP) is 2.81. The Labute approximate surface area is 101 Å². The number of nitrogens with zero attached hydrogens (tertiary/aromatic N) is 3. The van der Waals surface area contributed by atoms with Crippen molar-refractivity contribution in [2.75, 3.05) is 18.0 Å². The summed E-state index contributed by atoms with van der Waals surface area (Å²) in [6.45, 7) is 9.00. The molecule has 0 radical (unpaired) electrons. The second kappa shape index (κ2) is 5.25. The summed E-state index contributed by atoms with van der Waals surface area (Å²) < 4.78 is 0. The van der Waals surface area contributed by atoms with Gasteiger partial charge in [-0.2, -0.15) is 0 Å². The van der Waals surface area contributed by atoms with Gasteiger partial charge in [-0.05, 0) is 24.3 Å². The third-order valence-corrected chi connectivity index (χ3v) is 2.47. The molecule has 86 valence electrons. The van der Waals surface area contributed by atoms with Crippen LogP contribution in [0.3, 0.4) is 0 Å². The first-order valence-electron chi connectivity index (χ1n) is 5.53. The maximum Gasteiger partial charge on any atom is 0.161 e. The van der Waals surface area contributed by atoms with Crippen LogP contribution >= 0.6 is 0 Å². The molecule has 0 bridgehead atoms. The van der Waals surface area contributed by atoms with Gasteiger partial charge in [0.15, 0.2) is 5.65 Å². The molecular weight excluding hydrogens is 210 g/mol. The van der Waals surface area contributed by atoms with Gasteiger partial charge < -0.3 is 4.90 Å². The van der Waals surface area contributed by atoms with Gasteiger partial charge in [0.1, 0.15) is 5.82 Å². The van der Waals surface area contributed by atoms with Crippen molar-refractivity contribution in [3.8, 4) is 0 Å². The number of hydrogen-bond donors (Lipinski definition) is 0. The number of anilines is 1. The summed E-state index contributed by atoms with van der Waals surface area (Å²) in [5, 5.41) is 1.05. The molecule has 0 N–H and O–H groups in total. The van der Waals surface area contributed by atoms with Gasteiger partial charge in [0.05, 0.1) is 0 Å². The van der Waals surface area contributed by atoms with Crippen LogP contribution in [0.2, 0.25) is 0 Å². The third-order valence-electron chi connectivity index (χ3n) is 2.47. The average molecular weight is 225 g/mol. The molecule has 0 aliphatic carbocycles. The highest BCUT2D eigenvalue weighted by Crippen LogP contribution is 2.16. The van der Waals surface area contributed by atoms with E-state index < -0.39 is 0 Å². The van der Waals surface area contributed by atoms with Crippen LogP contribution in [0.15, 0.2) is 55.8 Å². The lowest BCUT2D eigenvalue weighted by molar-refractivity contribution is 0.930. The molecule has 0 fully saturated rings. The minimum Gasteiger partial charge on any atom is -0.349 e. The SMILES string of the molecule is C=CCN(CC=C)c1ccc2cccnc2n1. The van der Waals surface area contributed by atoms with E-state index in [4.69, 9.17) is 0 Å². The van der Waals surface area contributed by atoms with Crippen molar-refractivity contribution >= 4 is 16.9 Å². The molecule has 0 spiro atoms. The Morgan fingerprint density at radius 1 is 1.12 bits per heavy atom. The van der Waals surface area contributed by atoms with Crippen molar-refractivity contribution in [3.05, 3.63) is 55.8 Å². The van der Waals surface area contributed by atoms with E-state index in [0.717, 1.165) is 29.9 Å². The van der Waals surface area contributed by atoms with E-state index >= 15 is 0 Å². The van der Waals surface area contributed by atoms with Gasteiger partial charge in [-0.25, -0.2) is 9.97 Å². The number of rotatable bonds is 5. The van der Waals surface area contributed by atoms with E-state index in [-0.39, 0.29) is 0 Å². The molecule has 2 heterocycles. The molecule has 0 aliphatic heterocycles. The first-order valence-corrected chi connectivity index (χ1v) is 5.53. The zero-order chi connectivity index (χ0) is 12.1. The zero-order valence-electron chi connectivity index (χ0n) is 9.71. The Morgan fingerprint density at radius 3 is 2.59 bits per heavy atom. The summed E-state index contributed by atoms with van der Waals surface area (Å²) in [4.78, 5) is 10.9. The quantitative estimate of drug-likeness (QED) is 0.733. The molecule has 3 heteroatoms. The maximum absolute atomic E-state index is 4.53. The second-order valence-electron chi connectivity index (χ2n) is 3.70. The summed E-state index contributed by atoms with van der Waals surface area (Å²) in [6, 6.07) is 7.94. The standard InChI is InChI=1S/C14H15N3/c1-3-10-17(11-4-2)13-8-7-12-6-5-9-15-14(12)16-13/h3-9H,1-2,10-11H2. The maximum atomic E-state index is 4.53. The number of fused-ring (bicyclic) bond motifs is 1. The van der Waals surface area contributed by atoms with E-state index in [0.29, 0.717) is 0 Å². The van der Waals surface area contributed by atoms with E-state index in [2.05, 4.69) is 28.0 Å². The van der Waals surface area contributed by atoms with Crippen molar-refractivity contribution in [3.63, 3.8) is 0 Å². The van der Waals surface area contributed by atoms with Gasteiger partial charge >= 0.3 is 0 Å². The topological polar surface area (TPSA) is 29.0 Å². The lowest BCUT2D eigenvalue weighted by Gasteiger charge is -2.20. The molecule has 0 aliphatic rings. The normalized spacial score (nSPS) is 10.1. The van der Waals surface area contributed by atoms with E-state index in [1.165, 1.54) is 0 Å². The number of aromatic nitrogens is 2. The molecule has 3 nitrogen and oxygen atoms in total. The largest absolute Gasteiger partial charge is 0.349 e. The fourth-order valence-corrected chi connectivity index (χ4v) is 1.69. The van der Waals surface area contributed by atoms with Crippen LogP contribution in [0.5, 0.6) is 0 Å². The second-order valence-corrected chi connectivity index (χ2v) is 3.70. The van der Waals surface area contributed by atoms with Crippen molar-refractivity contribution in [2.24, 2.45) is 0 Å². The predicted molar refractivity (Wildman–Crippen MR) is 72.1 cm³/mol. The Hall–Kier alpha value is -2.16. The van der Waals surface area contributed by atoms with Crippen LogP contribution in [0.25, 0.3) is 11.0 Å². The van der Waals surface area contributed by atoms with E-state index in [9.17, 15) is 0 Å². The summed E-state index contributed by atoms with van der Waals surface area (Å²) >= 11 is 0. The third kappa shape index (κ3) is 2.50. The first-order chi connectivity index (χ1) is 8.35. The molecule has 17 heavy (non-hydrogen) atoms. The molecule has 2 rings (SSSR count). The lowest BCUT2D eigenvalue weighted by Crippen LogP contribution is -2.24. The minimum absolute atomic E-state index is 0.747. The summed E-state index contributed by atoms with van der Waals surface area (Å²) in [5.74, 6) is 0.899. The fourth-order valence-electron chi connectivity index (χ4n) is 1.69. The zero-order valence-corrected chi connectivity index (χ0v) is 9.71. The molecule has 0 unspecified atom stereocenters. The smallest absolute Gasteiger partial charge is 0.161 e. The summed E-state index contributed by atoms with van der Waals surface area (Å²) in [7, 11) is 0. The molecule has 0 aromatic carbocycles. The fraction of sp³-hybridized carbons (Fsp3) is 0.143. The lowest BCUT2D eigenvalue weighted by atomic mass is 10.3. The summed E-state index contributed by atoms with van der Waals surface area (Å²) in [5.41, 5.74) is 0.767. The Morgan fingerprint density at radius 2 is 1.88 bits per heavy atom. The highest BCUT2D eigenvalue weighted by molar-refractivity contribution is 5.76. The van der Waals surface area contributed by atoms with Crippen LogP contribution < -0.4 is 4.90 Å². The minimum atomic E-state index is 0.747. The van der Waals surface area contributed by atoms with Crippen LogP contribution in [0.4, 0.5) is 5.82 Å². The van der Waals surface area contributed by atoms with E-state index in [1.807, 2.05) is 36.4 Å². The molecule has 0 amide bonds. The van der Waals surface area contributed by atoms with Crippen LogP contribution in [-0.4, -0.2) is 23.1 Å². The molecule has 0 saturated carbocycles. The number of pyridine rings is 2. The monoisotopic (exact) mass is 225 g/mol. The van der Waals surface area contributed by atoms with Crippen LogP contribution in [0, 0.1) is 0 Å². The van der Waals surface area contributed by atoms with Gasteiger partial charge in [0.25, 0.3) is 0 Å². The van der Waals surface area contributed by atoms with Gasteiger partial charge in [-0.15, -0.1) is 13.2 Å². The average Bonchev–Trinajstić information content (AvgIpc) is 2.38. The van der Waals surface area contributed by atoms with Crippen LogP contribution in [0.1, 0.15) is 0 Å². The highest BCUT2D eigenvalue weighted by Gasteiger charge is 2.05. The van der Waals surface area contributed by atoms with Gasteiger partial charge in [-0.3, -0.25) is 0 Å². The molecule has 2 aromatic heterocycles. The molecule has 2 aromatic rings. The Kier molecular flexibility index (Phi) is 3.50. The van der Waals surface area contributed by atoms with Crippen LogP contribution in [-0.2, 0) is 0 Å².